The summed E-state index contributed by atoms with van der Waals surface area (Å²) >= 11 is 1.63. The minimum Gasteiger partial charge on any atom is -0.449 e. The van der Waals surface area contributed by atoms with Crippen molar-refractivity contribution in [2.75, 3.05) is 5.75 Å². The molecule has 1 unspecified atom stereocenters. The van der Waals surface area contributed by atoms with Crippen LogP contribution in [-0.2, 0) is 9.53 Å². The molecule has 1 heterocycles. The molecular weight excluding hydrogens is 162 g/mol. The van der Waals surface area contributed by atoms with Crippen LogP contribution >= 0.6 is 11.8 Å². The predicted molar refractivity (Wildman–Crippen MR) is 45.6 cm³/mol. The molecule has 0 aromatic rings. The summed E-state index contributed by atoms with van der Waals surface area (Å²) < 4.78 is 4.78. The van der Waals surface area contributed by atoms with E-state index in [9.17, 15) is 4.79 Å². The molecule has 1 radical (unpaired) electrons. The van der Waals surface area contributed by atoms with Gasteiger partial charge in [-0.15, -0.1) is 11.8 Å². The van der Waals surface area contributed by atoms with Gasteiger partial charge in [0.2, 0.25) is 0 Å². The second-order valence-corrected chi connectivity index (χ2v) is 3.77. The van der Waals surface area contributed by atoms with Crippen LogP contribution in [0.1, 0.15) is 13.8 Å². The Kier molecular flexibility index (Phi) is 2.54. The summed E-state index contributed by atoms with van der Waals surface area (Å²) in [6.07, 6.45) is 0. The number of thioether (sulfide) groups is 1. The highest BCUT2D eigenvalue weighted by Crippen LogP contribution is 2.24. The van der Waals surface area contributed by atoms with Crippen molar-refractivity contribution in [1.82, 2.24) is 0 Å². The summed E-state index contributed by atoms with van der Waals surface area (Å²) in [4.78, 5) is 14.1. The van der Waals surface area contributed by atoms with Gasteiger partial charge in [-0.25, -0.2) is 4.79 Å². The predicted octanol–water partition coefficient (Wildman–Crippen LogP) is 0.992. The Morgan fingerprint density at radius 1 is 1.82 bits per heavy atom. The smallest absolute Gasteiger partial charge is 0.418 e. The van der Waals surface area contributed by atoms with Crippen LogP contribution < -0.4 is 0 Å². The van der Waals surface area contributed by atoms with Crippen molar-refractivity contribution in [3.8, 4) is 0 Å². The fourth-order valence-electron chi connectivity index (χ4n) is 0.849. The van der Waals surface area contributed by atoms with Crippen LogP contribution in [0.25, 0.3) is 0 Å². The van der Waals surface area contributed by atoms with Crippen LogP contribution in [0.5, 0.6) is 0 Å². The van der Waals surface area contributed by atoms with E-state index in [0.29, 0.717) is 0 Å². The Bertz CT molecular complexity index is 179. The number of ether oxygens (including phenoxy) is 1. The topological polar surface area (TPSA) is 38.7 Å². The minimum absolute atomic E-state index is 0.0777. The number of rotatable bonds is 3. The number of hydrogen-bond donors (Lipinski definition) is 0. The van der Waals surface area contributed by atoms with Crippen molar-refractivity contribution >= 4 is 23.8 Å². The second-order valence-electron chi connectivity index (χ2n) is 2.89. The number of nitrogens with zero attached hydrogens (tertiary/aromatic N) is 1. The molecule has 11 heavy (non-hydrogen) atoms. The average Bonchev–Trinajstić information content (AvgIpc) is 2.37. The number of carbonyl (C=O) groups excluding carboxylic acids is 1. The van der Waals surface area contributed by atoms with E-state index >= 15 is 0 Å². The van der Waals surface area contributed by atoms with Gasteiger partial charge < -0.3 is 4.74 Å². The Morgan fingerprint density at radius 3 is 3.00 bits per heavy atom. The Hall–Kier alpha value is -0.510. The van der Waals surface area contributed by atoms with Crippen molar-refractivity contribution in [2.24, 2.45) is 4.99 Å². The van der Waals surface area contributed by atoms with Gasteiger partial charge in [0.05, 0.1) is 11.6 Å². The maximum Gasteiger partial charge on any atom is 0.418 e. The van der Waals surface area contributed by atoms with E-state index in [0.717, 1.165) is 5.75 Å². The molecule has 1 rings (SSSR count). The molecule has 0 bridgehead atoms. The first-order valence-corrected chi connectivity index (χ1v) is 4.40. The lowest BCUT2D eigenvalue weighted by Gasteiger charge is -2.25. The third kappa shape index (κ3) is 1.96. The second kappa shape index (κ2) is 3.26. The van der Waals surface area contributed by atoms with Gasteiger partial charge in [-0.05, 0) is 13.8 Å². The first-order chi connectivity index (χ1) is 5.17. The summed E-state index contributed by atoms with van der Waals surface area (Å²) in [6, 6.07) is 0.0777. The summed E-state index contributed by atoms with van der Waals surface area (Å²) in [7, 11) is 0. The molecule has 0 spiro atoms. The van der Waals surface area contributed by atoms with Crippen molar-refractivity contribution in [2.45, 2.75) is 25.5 Å². The fraction of sp³-hybridized carbons (Fsp3) is 0.714. The highest BCUT2D eigenvalue weighted by molar-refractivity contribution is 8.12. The molecule has 4 heteroatoms. The molecule has 61 valence electrons. The highest BCUT2D eigenvalue weighted by atomic mass is 32.2. The molecule has 0 fully saturated rings. The van der Waals surface area contributed by atoms with Gasteiger partial charge in [-0.2, -0.15) is 0 Å². The van der Waals surface area contributed by atoms with Crippen LogP contribution in [0, 0.1) is 0 Å². The molecule has 0 amide bonds. The van der Waals surface area contributed by atoms with Gasteiger partial charge in [0.25, 0.3) is 0 Å². The van der Waals surface area contributed by atoms with Gasteiger partial charge >= 0.3 is 6.47 Å². The average molecular weight is 172 g/mol. The van der Waals surface area contributed by atoms with Crippen molar-refractivity contribution in [3.63, 3.8) is 0 Å². The molecule has 3 nitrogen and oxygen atoms in total. The van der Waals surface area contributed by atoms with Crippen LogP contribution in [0.4, 0.5) is 0 Å². The van der Waals surface area contributed by atoms with Gasteiger partial charge in [0, 0.05) is 5.75 Å². The molecule has 1 aliphatic rings. The number of aliphatic imine (C=N–C) groups is 1. The molecule has 0 aromatic carbocycles. The first-order valence-electron chi connectivity index (χ1n) is 3.35. The Balaban J connectivity index is 2.55. The Morgan fingerprint density at radius 2 is 2.55 bits per heavy atom. The standard InChI is InChI=1S/C7H10NO2S/c1-7(2,10-5-9)6-3-11-4-8-6/h4,6H,3H2,1-2H3. The molecule has 0 N–H and O–H groups in total. The zero-order chi connectivity index (χ0) is 8.32. The van der Waals surface area contributed by atoms with Gasteiger partial charge in [0.1, 0.15) is 5.60 Å². The minimum atomic E-state index is -0.512. The van der Waals surface area contributed by atoms with E-state index in [1.54, 1.807) is 17.3 Å². The molecule has 1 aliphatic heterocycles. The van der Waals surface area contributed by atoms with Crippen LogP contribution in [-0.4, -0.2) is 29.4 Å². The largest absolute Gasteiger partial charge is 0.449 e. The zero-order valence-corrected chi connectivity index (χ0v) is 7.35. The van der Waals surface area contributed by atoms with Crippen molar-refractivity contribution < 1.29 is 9.53 Å². The third-order valence-corrected chi connectivity index (χ3v) is 2.46. The molecule has 0 aromatic heterocycles. The summed E-state index contributed by atoms with van der Waals surface area (Å²) in [5, 5.41) is 0. The van der Waals surface area contributed by atoms with Crippen LogP contribution in [0.3, 0.4) is 0 Å². The normalized spacial score (nSPS) is 23.6. The molecule has 0 saturated carbocycles. The lowest BCUT2D eigenvalue weighted by atomic mass is 10.0. The molecule has 1 atom stereocenters. The summed E-state index contributed by atoms with van der Waals surface area (Å²) in [5.41, 5.74) is 1.28. The van der Waals surface area contributed by atoms with Crippen molar-refractivity contribution in [1.29, 1.82) is 0 Å². The fourth-order valence-corrected chi connectivity index (χ4v) is 1.84. The van der Waals surface area contributed by atoms with Crippen LogP contribution in [0.15, 0.2) is 4.99 Å². The summed E-state index contributed by atoms with van der Waals surface area (Å²) in [6.45, 7) is 5.13. The van der Waals surface area contributed by atoms with Gasteiger partial charge in [-0.3, -0.25) is 4.99 Å². The lowest BCUT2D eigenvalue weighted by Crippen LogP contribution is -2.37. The first kappa shape index (κ1) is 8.59. The van der Waals surface area contributed by atoms with Gasteiger partial charge in [-0.1, -0.05) is 0 Å². The van der Waals surface area contributed by atoms with E-state index in [1.807, 2.05) is 13.8 Å². The maximum absolute atomic E-state index is 9.97. The monoisotopic (exact) mass is 172 g/mol. The molecule has 0 saturated heterocycles. The molecule has 0 aliphatic carbocycles. The highest BCUT2D eigenvalue weighted by Gasteiger charge is 2.32. The van der Waals surface area contributed by atoms with E-state index in [1.165, 1.54) is 6.47 Å². The van der Waals surface area contributed by atoms with E-state index in [4.69, 9.17) is 4.74 Å². The van der Waals surface area contributed by atoms with E-state index in [-0.39, 0.29) is 6.04 Å². The maximum atomic E-state index is 9.97. The third-order valence-electron chi connectivity index (χ3n) is 1.68. The van der Waals surface area contributed by atoms with E-state index in [2.05, 4.69) is 4.99 Å². The molecular formula is C7H10NO2S. The van der Waals surface area contributed by atoms with E-state index < -0.39 is 5.60 Å². The quantitative estimate of drug-likeness (QED) is 0.637. The number of hydrogen-bond acceptors (Lipinski definition) is 4. The summed E-state index contributed by atoms with van der Waals surface area (Å²) in [5.74, 6) is 0.884. The lowest BCUT2D eigenvalue weighted by molar-refractivity contribution is 0.0710. The van der Waals surface area contributed by atoms with Gasteiger partial charge in [0.15, 0.2) is 0 Å². The zero-order valence-electron chi connectivity index (χ0n) is 6.53. The Labute approximate surface area is 70.2 Å². The van der Waals surface area contributed by atoms with Crippen molar-refractivity contribution in [3.05, 3.63) is 0 Å². The van der Waals surface area contributed by atoms with Crippen LogP contribution in [0.2, 0.25) is 0 Å². The SMILES string of the molecule is CC(C)(O[C]=O)C1CSC=N1.